The van der Waals surface area contributed by atoms with Gasteiger partial charge in [0.2, 0.25) is 0 Å². The lowest BCUT2D eigenvalue weighted by Gasteiger charge is -2.07. The van der Waals surface area contributed by atoms with Gasteiger partial charge in [-0.15, -0.1) is 0 Å². The van der Waals surface area contributed by atoms with Gasteiger partial charge in [0, 0.05) is 24.0 Å². The van der Waals surface area contributed by atoms with Gasteiger partial charge in [-0.25, -0.2) is 9.07 Å². The van der Waals surface area contributed by atoms with Gasteiger partial charge in [0.05, 0.1) is 5.69 Å². The molecule has 0 aliphatic carbocycles. The number of aromatic nitrogens is 2. The van der Waals surface area contributed by atoms with Gasteiger partial charge in [0.25, 0.3) is 11.8 Å². The number of nitrogens with zero attached hydrogens (tertiary/aromatic N) is 2. The Bertz CT molecular complexity index is 951. The molecule has 0 bridgehead atoms. The van der Waals surface area contributed by atoms with Crippen LogP contribution in [-0.2, 0) is 0 Å². The van der Waals surface area contributed by atoms with Crippen molar-refractivity contribution in [3.8, 4) is 5.69 Å². The van der Waals surface area contributed by atoms with Crippen LogP contribution in [0.2, 0.25) is 0 Å². The SMILES string of the molecule is CCCNC(=O)c1cccc(NC(=O)c2ccn(-c3ccc(F)cc3)n2)c1. The molecule has 7 heteroatoms. The van der Waals surface area contributed by atoms with Crippen LogP contribution in [0.5, 0.6) is 0 Å². The normalized spacial score (nSPS) is 10.4. The summed E-state index contributed by atoms with van der Waals surface area (Å²) in [5, 5.41) is 9.73. The predicted molar refractivity (Wildman–Crippen MR) is 101 cm³/mol. The lowest BCUT2D eigenvalue weighted by atomic mass is 10.2. The van der Waals surface area contributed by atoms with Gasteiger partial charge >= 0.3 is 0 Å². The van der Waals surface area contributed by atoms with Crippen molar-refractivity contribution >= 4 is 17.5 Å². The molecule has 0 aliphatic heterocycles. The number of nitrogens with one attached hydrogen (secondary N) is 2. The number of carbonyl (C=O) groups is 2. The Balaban J connectivity index is 1.71. The highest BCUT2D eigenvalue weighted by atomic mass is 19.1. The summed E-state index contributed by atoms with van der Waals surface area (Å²) < 4.78 is 14.5. The van der Waals surface area contributed by atoms with Crippen molar-refractivity contribution < 1.29 is 14.0 Å². The smallest absolute Gasteiger partial charge is 0.276 e. The molecule has 2 amide bonds. The Morgan fingerprint density at radius 2 is 1.85 bits per heavy atom. The topological polar surface area (TPSA) is 76.0 Å². The Morgan fingerprint density at radius 3 is 2.59 bits per heavy atom. The Hall–Kier alpha value is -3.48. The van der Waals surface area contributed by atoms with Crippen molar-refractivity contribution in [3.05, 3.63) is 77.9 Å². The zero-order chi connectivity index (χ0) is 19.2. The predicted octanol–water partition coefficient (Wildman–Crippen LogP) is 3.40. The number of hydrogen-bond donors (Lipinski definition) is 2. The molecule has 0 saturated carbocycles. The molecule has 0 spiro atoms. The summed E-state index contributed by atoms with van der Waals surface area (Å²) in [5.74, 6) is -0.928. The van der Waals surface area contributed by atoms with Crippen LogP contribution in [0.25, 0.3) is 5.69 Å². The molecular weight excluding hydrogens is 347 g/mol. The average molecular weight is 366 g/mol. The third-order valence-electron chi connectivity index (χ3n) is 3.83. The highest BCUT2D eigenvalue weighted by Gasteiger charge is 2.12. The molecule has 27 heavy (non-hydrogen) atoms. The van der Waals surface area contributed by atoms with Crippen molar-refractivity contribution in [2.75, 3.05) is 11.9 Å². The van der Waals surface area contributed by atoms with Gasteiger partial charge in [-0.1, -0.05) is 13.0 Å². The molecule has 6 nitrogen and oxygen atoms in total. The van der Waals surface area contributed by atoms with Crippen molar-refractivity contribution in [2.24, 2.45) is 0 Å². The second-order valence-corrected chi connectivity index (χ2v) is 5.91. The molecule has 0 aliphatic rings. The molecule has 0 atom stereocenters. The first-order chi connectivity index (χ1) is 13.1. The van der Waals surface area contributed by atoms with Crippen LogP contribution < -0.4 is 10.6 Å². The summed E-state index contributed by atoms with van der Waals surface area (Å²) in [5.41, 5.74) is 1.82. The maximum Gasteiger partial charge on any atom is 0.276 e. The molecule has 1 heterocycles. The van der Waals surface area contributed by atoms with E-state index in [1.807, 2.05) is 6.92 Å². The van der Waals surface area contributed by atoms with Crippen LogP contribution in [0.3, 0.4) is 0 Å². The quantitative estimate of drug-likeness (QED) is 0.702. The van der Waals surface area contributed by atoms with Gasteiger partial charge in [-0.2, -0.15) is 5.10 Å². The standard InChI is InChI=1S/C20H19FN4O2/c1-2-11-22-19(26)14-4-3-5-16(13-14)23-20(27)18-10-12-25(24-18)17-8-6-15(21)7-9-17/h3-10,12-13H,2,11H2,1H3,(H,22,26)(H,23,27). The van der Waals surface area contributed by atoms with Crippen LogP contribution in [0.4, 0.5) is 10.1 Å². The first kappa shape index (κ1) is 18.3. The maximum atomic E-state index is 13.0. The molecular formula is C20H19FN4O2. The first-order valence-electron chi connectivity index (χ1n) is 8.58. The van der Waals surface area contributed by atoms with E-state index in [1.165, 1.54) is 16.8 Å². The zero-order valence-electron chi connectivity index (χ0n) is 14.8. The van der Waals surface area contributed by atoms with Crippen LogP contribution in [0.1, 0.15) is 34.2 Å². The van der Waals surface area contributed by atoms with Crippen molar-refractivity contribution in [3.63, 3.8) is 0 Å². The maximum absolute atomic E-state index is 13.0. The average Bonchev–Trinajstić information content (AvgIpc) is 3.17. The van der Waals surface area contributed by atoms with Crippen molar-refractivity contribution in [1.29, 1.82) is 0 Å². The van der Waals surface area contributed by atoms with Crippen LogP contribution >= 0.6 is 0 Å². The summed E-state index contributed by atoms with van der Waals surface area (Å²) in [6.45, 7) is 2.57. The fourth-order valence-electron chi connectivity index (χ4n) is 2.46. The van der Waals surface area contributed by atoms with E-state index in [0.717, 1.165) is 6.42 Å². The highest BCUT2D eigenvalue weighted by molar-refractivity contribution is 6.03. The molecule has 2 N–H and O–H groups in total. The van der Waals surface area contributed by atoms with Gasteiger partial charge < -0.3 is 10.6 Å². The number of halogens is 1. The third-order valence-corrected chi connectivity index (χ3v) is 3.83. The number of anilines is 1. The molecule has 1 aromatic heterocycles. The van der Waals surface area contributed by atoms with Gasteiger partial charge in [-0.3, -0.25) is 9.59 Å². The molecule has 0 saturated heterocycles. The molecule has 3 rings (SSSR count). The number of amides is 2. The molecule has 0 radical (unpaired) electrons. The van der Waals surface area contributed by atoms with E-state index in [9.17, 15) is 14.0 Å². The summed E-state index contributed by atoms with van der Waals surface area (Å²) in [6.07, 6.45) is 2.47. The summed E-state index contributed by atoms with van der Waals surface area (Å²) >= 11 is 0. The minimum Gasteiger partial charge on any atom is -0.352 e. The Kier molecular flexibility index (Phi) is 5.61. The minimum absolute atomic E-state index is 0.187. The van der Waals surface area contributed by atoms with Gasteiger partial charge in [0.15, 0.2) is 5.69 Å². The highest BCUT2D eigenvalue weighted by Crippen LogP contribution is 2.13. The molecule has 0 unspecified atom stereocenters. The number of rotatable bonds is 6. The van der Waals surface area contributed by atoms with Crippen molar-refractivity contribution in [1.82, 2.24) is 15.1 Å². The van der Waals surface area contributed by atoms with Gasteiger partial charge in [-0.05, 0) is 55.0 Å². The van der Waals surface area contributed by atoms with E-state index >= 15 is 0 Å². The van der Waals surface area contributed by atoms with E-state index in [1.54, 1.807) is 48.7 Å². The number of carbonyl (C=O) groups excluding carboxylic acids is 2. The van der Waals surface area contributed by atoms with E-state index in [2.05, 4.69) is 15.7 Å². The largest absolute Gasteiger partial charge is 0.352 e. The van der Waals surface area contributed by atoms with E-state index in [4.69, 9.17) is 0 Å². The summed E-state index contributed by atoms with van der Waals surface area (Å²) in [4.78, 5) is 24.4. The lowest BCUT2D eigenvalue weighted by Crippen LogP contribution is -2.24. The third kappa shape index (κ3) is 4.58. The minimum atomic E-state index is -0.401. The number of hydrogen-bond acceptors (Lipinski definition) is 3. The first-order valence-corrected chi connectivity index (χ1v) is 8.58. The monoisotopic (exact) mass is 366 g/mol. The van der Waals surface area contributed by atoms with E-state index in [-0.39, 0.29) is 17.4 Å². The fourth-order valence-corrected chi connectivity index (χ4v) is 2.46. The number of benzene rings is 2. The lowest BCUT2D eigenvalue weighted by molar-refractivity contribution is 0.0952. The Labute approximate surface area is 156 Å². The molecule has 0 fully saturated rings. The van der Waals surface area contributed by atoms with E-state index in [0.29, 0.717) is 23.5 Å². The second-order valence-electron chi connectivity index (χ2n) is 5.91. The van der Waals surface area contributed by atoms with Crippen LogP contribution in [0, 0.1) is 5.82 Å². The Morgan fingerprint density at radius 1 is 1.07 bits per heavy atom. The van der Waals surface area contributed by atoms with Crippen LogP contribution in [0.15, 0.2) is 60.8 Å². The second kappa shape index (κ2) is 8.27. The van der Waals surface area contributed by atoms with Crippen LogP contribution in [-0.4, -0.2) is 28.1 Å². The van der Waals surface area contributed by atoms with Crippen molar-refractivity contribution in [2.45, 2.75) is 13.3 Å². The zero-order valence-corrected chi connectivity index (χ0v) is 14.8. The summed E-state index contributed by atoms with van der Waals surface area (Å²) in [6, 6.07) is 14.1. The van der Waals surface area contributed by atoms with E-state index < -0.39 is 5.91 Å². The van der Waals surface area contributed by atoms with Gasteiger partial charge in [0.1, 0.15) is 5.82 Å². The molecule has 138 valence electrons. The molecule has 2 aromatic carbocycles. The molecule has 3 aromatic rings. The fraction of sp³-hybridized carbons (Fsp3) is 0.150. The summed E-state index contributed by atoms with van der Waals surface area (Å²) in [7, 11) is 0.